The van der Waals surface area contributed by atoms with Crippen LogP contribution in [0, 0.1) is 13.8 Å². The molecule has 0 bridgehead atoms. The molecule has 2 aromatic rings. The summed E-state index contributed by atoms with van der Waals surface area (Å²) < 4.78 is 1.86. The third kappa shape index (κ3) is 5.88. The molecule has 6 nitrogen and oxygen atoms in total. The van der Waals surface area contributed by atoms with Crippen LogP contribution in [0.4, 0.5) is 0 Å². The topological polar surface area (TPSA) is 80.0 Å². The summed E-state index contributed by atoms with van der Waals surface area (Å²) in [6.45, 7) is 3.82. The smallest absolute Gasteiger partial charge is 0.303 e. The number of aliphatic carboxylic acids is 1. The number of carboxylic acid groups (broad SMARTS) is 1. The molecule has 7 heteroatoms. The highest BCUT2D eigenvalue weighted by Crippen LogP contribution is 2.19. The van der Waals surface area contributed by atoms with Crippen LogP contribution in [0.5, 0.6) is 0 Å². The first kappa shape index (κ1) is 18.3. The van der Waals surface area contributed by atoms with Crippen molar-refractivity contribution in [2.24, 2.45) is 0 Å². The van der Waals surface area contributed by atoms with Crippen LogP contribution in [0.1, 0.15) is 49.3 Å². The minimum Gasteiger partial charge on any atom is -0.481 e. The number of carbonyl (C=O) groups is 1. The molecule has 0 aliphatic rings. The summed E-state index contributed by atoms with van der Waals surface area (Å²) in [5.74, 6) is 0.959. The van der Waals surface area contributed by atoms with E-state index in [9.17, 15) is 4.79 Å². The number of nitrogens with zero attached hydrogens (tertiary/aromatic N) is 3. The largest absolute Gasteiger partial charge is 0.481 e. The molecule has 0 fully saturated rings. The Bertz CT molecular complexity index is 653. The van der Waals surface area contributed by atoms with E-state index in [1.807, 2.05) is 18.5 Å². The lowest BCUT2D eigenvalue weighted by molar-refractivity contribution is -0.137. The number of aromatic nitrogens is 3. The summed E-state index contributed by atoms with van der Waals surface area (Å²) in [5, 5.41) is 16.7. The van der Waals surface area contributed by atoms with E-state index < -0.39 is 5.97 Å². The van der Waals surface area contributed by atoms with Crippen molar-refractivity contribution in [3.8, 4) is 0 Å². The van der Waals surface area contributed by atoms with E-state index in [-0.39, 0.29) is 6.42 Å². The zero-order valence-corrected chi connectivity index (χ0v) is 15.0. The second kappa shape index (κ2) is 9.32. The number of rotatable bonds is 10. The van der Waals surface area contributed by atoms with Gasteiger partial charge in [-0.2, -0.15) is 0 Å². The average Bonchev–Trinajstić information content (AvgIpc) is 2.87. The minimum atomic E-state index is -0.703. The molecule has 1 aromatic carbocycles. The van der Waals surface area contributed by atoms with Crippen LogP contribution in [0.25, 0.3) is 0 Å². The van der Waals surface area contributed by atoms with Crippen LogP contribution in [-0.2, 0) is 11.2 Å². The summed E-state index contributed by atoms with van der Waals surface area (Å²) in [6.07, 6.45) is 5.21. The van der Waals surface area contributed by atoms with E-state index in [0.717, 1.165) is 48.6 Å². The van der Waals surface area contributed by atoms with Crippen LogP contribution in [0.2, 0.25) is 0 Å². The Labute approximate surface area is 146 Å². The molecule has 0 atom stereocenters. The summed E-state index contributed by atoms with van der Waals surface area (Å²) in [4.78, 5) is 14.9. The lowest BCUT2D eigenvalue weighted by atomic mass is 10.1. The summed E-state index contributed by atoms with van der Waals surface area (Å²) in [5.41, 5.74) is 1.30. The molecular weight excluding hydrogens is 324 g/mol. The highest BCUT2D eigenvalue weighted by Gasteiger charge is 2.04. The van der Waals surface area contributed by atoms with Gasteiger partial charge in [0.15, 0.2) is 0 Å². The molecular formula is C17H24N4O2S. The molecule has 1 heterocycles. The van der Waals surface area contributed by atoms with E-state index in [2.05, 4.69) is 39.3 Å². The number of benzene rings is 1. The maximum atomic E-state index is 10.5. The Kier molecular flexibility index (Phi) is 7.11. The molecule has 0 saturated carbocycles. The fraction of sp³-hybridized carbons (Fsp3) is 0.471. The van der Waals surface area contributed by atoms with Crippen LogP contribution >= 0.6 is 11.9 Å². The van der Waals surface area contributed by atoms with Crippen LogP contribution < -0.4 is 4.83 Å². The summed E-state index contributed by atoms with van der Waals surface area (Å²) >= 11 is 1.54. The van der Waals surface area contributed by atoms with E-state index in [4.69, 9.17) is 5.11 Å². The van der Waals surface area contributed by atoms with Gasteiger partial charge in [-0.25, -0.2) is 4.68 Å². The third-order valence-corrected chi connectivity index (χ3v) is 4.51. The molecule has 2 rings (SSSR count). The van der Waals surface area contributed by atoms with Gasteiger partial charge in [0.2, 0.25) is 0 Å². The van der Waals surface area contributed by atoms with Gasteiger partial charge in [0.1, 0.15) is 11.6 Å². The normalized spacial score (nSPS) is 10.8. The van der Waals surface area contributed by atoms with Gasteiger partial charge >= 0.3 is 5.97 Å². The Balaban J connectivity index is 1.76. The average molecular weight is 348 g/mol. The summed E-state index contributed by atoms with van der Waals surface area (Å²) in [7, 11) is 0. The van der Waals surface area contributed by atoms with Gasteiger partial charge in [0.25, 0.3) is 0 Å². The van der Waals surface area contributed by atoms with E-state index >= 15 is 0 Å². The Morgan fingerprint density at radius 1 is 1.17 bits per heavy atom. The number of carboxylic acids is 1. The minimum absolute atomic E-state index is 0.278. The van der Waals surface area contributed by atoms with Crippen molar-refractivity contribution in [3.63, 3.8) is 0 Å². The van der Waals surface area contributed by atoms with Crippen molar-refractivity contribution in [1.29, 1.82) is 0 Å². The van der Waals surface area contributed by atoms with Crippen molar-refractivity contribution in [1.82, 2.24) is 14.9 Å². The Morgan fingerprint density at radius 3 is 2.58 bits per heavy atom. The molecule has 0 aliphatic heterocycles. The monoisotopic (exact) mass is 348 g/mol. The predicted octanol–water partition coefficient (Wildman–Crippen LogP) is 3.72. The third-order valence-electron chi connectivity index (χ3n) is 3.75. The fourth-order valence-electron chi connectivity index (χ4n) is 2.42. The molecule has 0 spiro atoms. The molecule has 130 valence electrons. The van der Waals surface area contributed by atoms with Crippen molar-refractivity contribution >= 4 is 17.9 Å². The number of unbranched alkanes of at least 4 members (excludes halogenated alkanes) is 3. The van der Waals surface area contributed by atoms with Crippen molar-refractivity contribution in [2.45, 2.75) is 57.3 Å². The van der Waals surface area contributed by atoms with Gasteiger partial charge < -0.3 is 5.11 Å². The molecule has 0 unspecified atom stereocenters. The van der Waals surface area contributed by atoms with E-state index in [1.54, 1.807) is 0 Å². The van der Waals surface area contributed by atoms with E-state index in [0.29, 0.717) is 0 Å². The van der Waals surface area contributed by atoms with Crippen LogP contribution in [-0.4, -0.2) is 25.9 Å². The van der Waals surface area contributed by atoms with Crippen LogP contribution in [0.3, 0.4) is 0 Å². The zero-order chi connectivity index (χ0) is 17.4. The molecule has 24 heavy (non-hydrogen) atoms. The first-order valence-corrected chi connectivity index (χ1v) is 9.00. The number of aryl methyl sites for hydroxylation is 3. The fourth-order valence-corrected chi connectivity index (χ4v) is 3.24. The lowest BCUT2D eigenvalue weighted by Gasteiger charge is -2.10. The van der Waals surface area contributed by atoms with Crippen molar-refractivity contribution < 1.29 is 9.90 Å². The highest BCUT2D eigenvalue weighted by atomic mass is 32.2. The van der Waals surface area contributed by atoms with Gasteiger partial charge in [0, 0.05) is 23.3 Å². The zero-order valence-electron chi connectivity index (χ0n) is 14.2. The maximum Gasteiger partial charge on any atom is 0.303 e. The first-order chi connectivity index (χ1) is 11.6. The standard InChI is InChI=1S/C17H24N4O2S/c1-13-18-19-14(2)21(13)20-24-16-10-7-9-15(12-16)8-5-3-4-6-11-17(22)23/h7,9-10,12,20H,3-6,8,11H2,1-2H3,(H,22,23). The molecule has 0 saturated heterocycles. The molecule has 0 aliphatic carbocycles. The first-order valence-electron chi connectivity index (χ1n) is 8.18. The van der Waals surface area contributed by atoms with Gasteiger partial charge in [0.05, 0.1) is 0 Å². The molecule has 0 radical (unpaired) electrons. The molecule has 0 amide bonds. The van der Waals surface area contributed by atoms with E-state index in [1.165, 1.54) is 17.5 Å². The number of nitrogens with one attached hydrogen (secondary N) is 1. The highest BCUT2D eigenvalue weighted by molar-refractivity contribution is 8.00. The van der Waals surface area contributed by atoms with Gasteiger partial charge in [-0.05, 0) is 50.8 Å². The van der Waals surface area contributed by atoms with Crippen LogP contribution in [0.15, 0.2) is 29.2 Å². The van der Waals surface area contributed by atoms with Crippen molar-refractivity contribution in [2.75, 3.05) is 4.83 Å². The maximum absolute atomic E-state index is 10.5. The lowest BCUT2D eigenvalue weighted by Crippen LogP contribution is -2.10. The number of hydrogen-bond acceptors (Lipinski definition) is 5. The second-order valence-electron chi connectivity index (χ2n) is 5.78. The number of hydrogen-bond donors (Lipinski definition) is 2. The van der Waals surface area contributed by atoms with Gasteiger partial charge in [-0.1, -0.05) is 25.0 Å². The van der Waals surface area contributed by atoms with Crippen molar-refractivity contribution in [3.05, 3.63) is 41.5 Å². The second-order valence-corrected chi connectivity index (χ2v) is 6.64. The SMILES string of the molecule is Cc1nnc(C)n1NSc1cccc(CCCCCCC(=O)O)c1. The quantitative estimate of drug-likeness (QED) is 0.503. The molecule has 1 aromatic heterocycles. The molecule has 2 N–H and O–H groups in total. The Morgan fingerprint density at radius 2 is 1.88 bits per heavy atom. The Hall–Kier alpha value is -2.02. The predicted molar refractivity (Wildman–Crippen MR) is 95.6 cm³/mol. The van der Waals surface area contributed by atoms with Gasteiger partial charge in [-0.15, -0.1) is 10.2 Å². The summed E-state index contributed by atoms with van der Waals surface area (Å²) in [6, 6.07) is 8.46. The van der Waals surface area contributed by atoms with Gasteiger partial charge in [-0.3, -0.25) is 9.63 Å².